The number of hydrogen-bond acceptors (Lipinski definition) is 4. The normalized spacial score (nSPS) is 11.4. The lowest BCUT2D eigenvalue weighted by Crippen LogP contribution is -2.32. The molecule has 124 valence electrons. The Labute approximate surface area is 141 Å². The Balaban J connectivity index is 2.02. The van der Waals surface area contributed by atoms with Crippen LogP contribution in [0.5, 0.6) is 0 Å². The fourth-order valence-electron chi connectivity index (χ4n) is 2.31. The van der Waals surface area contributed by atoms with Gasteiger partial charge in [0.25, 0.3) is 5.91 Å². The van der Waals surface area contributed by atoms with Gasteiger partial charge in [-0.25, -0.2) is 0 Å². The Kier molecular flexibility index (Phi) is 6.35. The Morgan fingerprint density at radius 2 is 1.96 bits per heavy atom. The van der Waals surface area contributed by atoms with Gasteiger partial charge in [-0.2, -0.15) is 5.26 Å². The van der Waals surface area contributed by atoms with Crippen LogP contribution in [0.1, 0.15) is 35.7 Å². The molecule has 0 saturated carbocycles. The van der Waals surface area contributed by atoms with Crippen LogP contribution in [-0.2, 0) is 0 Å². The maximum absolute atomic E-state index is 12.3. The van der Waals surface area contributed by atoms with Crippen LogP contribution in [0.2, 0.25) is 0 Å². The molecule has 0 aliphatic rings. The standard InChI is InChI=1S/C19H21N3O2/c1-14(4-3-11-23)21-19(24)16-5-2-6-18(12-16)22-17-9-7-15(13-20)8-10-17/h2,5-10,12,14,22-23H,3-4,11H2,1H3,(H,21,24). The van der Waals surface area contributed by atoms with Crippen LogP contribution < -0.4 is 10.6 Å². The molecule has 3 N–H and O–H groups in total. The second-order valence-electron chi connectivity index (χ2n) is 5.64. The number of carbonyl (C=O) groups excluding carboxylic acids is 1. The van der Waals surface area contributed by atoms with Gasteiger partial charge >= 0.3 is 0 Å². The molecular formula is C19H21N3O2. The lowest BCUT2D eigenvalue weighted by Gasteiger charge is -2.14. The molecule has 5 heteroatoms. The van der Waals surface area contributed by atoms with Gasteiger partial charge in [-0.3, -0.25) is 4.79 Å². The van der Waals surface area contributed by atoms with Crippen molar-refractivity contribution >= 4 is 17.3 Å². The molecule has 24 heavy (non-hydrogen) atoms. The van der Waals surface area contributed by atoms with Crippen molar-refractivity contribution < 1.29 is 9.90 Å². The van der Waals surface area contributed by atoms with E-state index in [1.807, 2.05) is 31.2 Å². The average molecular weight is 323 g/mol. The van der Waals surface area contributed by atoms with Crippen molar-refractivity contribution in [2.75, 3.05) is 11.9 Å². The summed E-state index contributed by atoms with van der Waals surface area (Å²) in [7, 11) is 0. The Morgan fingerprint density at radius 1 is 1.21 bits per heavy atom. The van der Waals surface area contributed by atoms with Crippen LogP contribution in [0.15, 0.2) is 48.5 Å². The number of anilines is 2. The number of nitriles is 1. The molecule has 0 saturated heterocycles. The molecule has 0 bridgehead atoms. The topological polar surface area (TPSA) is 85.2 Å². The highest BCUT2D eigenvalue weighted by molar-refractivity contribution is 5.95. The first kappa shape index (κ1) is 17.5. The predicted molar refractivity (Wildman–Crippen MR) is 94.1 cm³/mol. The summed E-state index contributed by atoms with van der Waals surface area (Å²) in [4.78, 5) is 12.3. The molecule has 2 aromatic carbocycles. The summed E-state index contributed by atoms with van der Waals surface area (Å²) in [6.45, 7) is 2.05. The van der Waals surface area contributed by atoms with Crippen LogP contribution in [0.3, 0.4) is 0 Å². The largest absolute Gasteiger partial charge is 0.396 e. The van der Waals surface area contributed by atoms with E-state index in [9.17, 15) is 4.79 Å². The highest BCUT2D eigenvalue weighted by atomic mass is 16.3. The second-order valence-corrected chi connectivity index (χ2v) is 5.64. The van der Waals surface area contributed by atoms with Gasteiger partial charge < -0.3 is 15.7 Å². The molecule has 2 aromatic rings. The zero-order valence-corrected chi connectivity index (χ0v) is 13.6. The molecule has 2 rings (SSSR count). The maximum atomic E-state index is 12.3. The van der Waals surface area contributed by atoms with Crippen molar-refractivity contribution in [1.29, 1.82) is 5.26 Å². The first-order chi connectivity index (χ1) is 11.6. The third kappa shape index (κ3) is 5.11. The molecule has 0 aromatic heterocycles. The SMILES string of the molecule is CC(CCCO)NC(=O)c1cccc(Nc2ccc(C#N)cc2)c1. The van der Waals surface area contributed by atoms with Crippen molar-refractivity contribution in [2.45, 2.75) is 25.8 Å². The number of nitrogens with one attached hydrogen (secondary N) is 2. The summed E-state index contributed by atoms with van der Waals surface area (Å²) >= 11 is 0. The van der Waals surface area contributed by atoms with Gasteiger partial charge in [0.05, 0.1) is 11.6 Å². The van der Waals surface area contributed by atoms with Gasteiger partial charge in [-0.1, -0.05) is 6.07 Å². The van der Waals surface area contributed by atoms with Gasteiger partial charge in [-0.15, -0.1) is 0 Å². The van der Waals surface area contributed by atoms with Gasteiger partial charge in [0.15, 0.2) is 0 Å². The average Bonchev–Trinajstić information content (AvgIpc) is 2.61. The van der Waals surface area contributed by atoms with Crippen LogP contribution >= 0.6 is 0 Å². The highest BCUT2D eigenvalue weighted by Gasteiger charge is 2.10. The molecule has 0 aliphatic carbocycles. The minimum absolute atomic E-state index is 0.0137. The summed E-state index contributed by atoms with van der Waals surface area (Å²) in [6, 6.07) is 16.5. The molecule has 0 radical (unpaired) electrons. The summed E-state index contributed by atoms with van der Waals surface area (Å²) in [5.74, 6) is -0.135. The van der Waals surface area contributed by atoms with E-state index in [2.05, 4.69) is 16.7 Å². The van der Waals surface area contributed by atoms with E-state index < -0.39 is 0 Å². The maximum Gasteiger partial charge on any atom is 0.251 e. The van der Waals surface area contributed by atoms with Gasteiger partial charge in [0, 0.05) is 29.6 Å². The Bertz CT molecular complexity index is 720. The van der Waals surface area contributed by atoms with Crippen molar-refractivity contribution in [2.24, 2.45) is 0 Å². The zero-order chi connectivity index (χ0) is 17.4. The monoisotopic (exact) mass is 323 g/mol. The number of hydrogen-bond donors (Lipinski definition) is 3. The predicted octanol–water partition coefficient (Wildman–Crippen LogP) is 3.19. The first-order valence-electron chi connectivity index (χ1n) is 7.91. The van der Waals surface area contributed by atoms with Crippen molar-refractivity contribution in [3.63, 3.8) is 0 Å². The van der Waals surface area contributed by atoms with E-state index in [-0.39, 0.29) is 18.6 Å². The van der Waals surface area contributed by atoms with Crippen LogP contribution in [0.4, 0.5) is 11.4 Å². The molecular weight excluding hydrogens is 302 g/mol. The molecule has 5 nitrogen and oxygen atoms in total. The number of benzene rings is 2. The minimum atomic E-state index is -0.135. The third-order valence-electron chi connectivity index (χ3n) is 3.60. The number of aliphatic hydroxyl groups excluding tert-OH is 1. The van der Waals surface area contributed by atoms with E-state index in [0.29, 0.717) is 17.5 Å². The summed E-state index contributed by atoms with van der Waals surface area (Å²) in [5.41, 5.74) is 2.83. The van der Waals surface area contributed by atoms with E-state index in [1.165, 1.54) is 0 Å². The molecule has 0 heterocycles. The summed E-state index contributed by atoms with van der Waals surface area (Å²) in [5, 5.41) is 23.8. The van der Waals surface area contributed by atoms with Crippen molar-refractivity contribution in [3.8, 4) is 6.07 Å². The van der Waals surface area contributed by atoms with Crippen LogP contribution in [0.25, 0.3) is 0 Å². The lowest BCUT2D eigenvalue weighted by atomic mass is 10.1. The highest BCUT2D eigenvalue weighted by Crippen LogP contribution is 2.18. The zero-order valence-electron chi connectivity index (χ0n) is 13.6. The summed E-state index contributed by atoms with van der Waals surface area (Å²) < 4.78 is 0. The lowest BCUT2D eigenvalue weighted by molar-refractivity contribution is 0.0936. The van der Waals surface area contributed by atoms with Gasteiger partial charge in [-0.05, 0) is 62.2 Å². The molecule has 1 unspecified atom stereocenters. The van der Waals surface area contributed by atoms with Crippen LogP contribution in [0, 0.1) is 11.3 Å². The molecule has 0 spiro atoms. The van der Waals surface area contributed by atoms with E-state index in [1.54, 1.807) is 24.3 Å². The first-order valence-corrected chi connectivity index (χ1v) is 7.91. The fourth-order valence-corrected chi connectivity index (χ4v) is 2.31. The second kappa shape index (κ2) is 8.70. The Hall–Kier alpha value is -2.84. The molecule has 1 amide bonds. The molecule has 1 atom stereocenters. The van der Waals surface area contributed by atoms with Crippen molar-refractivity contribution in [3.05, 3.63) is 59.7 Å². The number of nitrogens with zero attached hydrogens (tertiary/aromatic N) is 1. The van der Waals surface area contributed by atoms with E-state index >= 15 is 0 Å². The Morgan fingerprint density at radius 3 is 2.62 bits per heavy atom. The summed E-state index contributed by atoms with van der Waals surface area (Å²) in [6.07, 6.45) is 1.41. The molecule has 0 aliphatic heterocycles. The number of amides is 1. The van der Waals surface area contributed by atoms with Gasteiger partial charge in [0.1, 0.15) is 0 Å². The van der Waals surface area contributed by atoms with E-state index in [0.717, 1.165) is 17.8 Å². The quantitative estimate of drug-likeness (QED) is 0.730. The third-order valence-corrected chi connectivity index (χ3v) is 3.60. The number of aliphatic hydroxyl groups is 1. The molecule has 0 fully saturated rings. The number of rotatable bonds is 7. The fraction of sp³-hybridized carbons (Fsp3) is 0.263. The smallest absolute Gasteiger partial charge is 0.251 e. The minimum Gasteiger partial charge on any atom is -0.396 e. The van der Waals surface area contributed by atoms with E-state index in [4.69, 9.17) is 10.4 Å². The van der Waals surface area contributed by atoms with Crippen LogP contribution in [-0.4, -0.2) is 23.7 Å². The van der Waals surface area contributed by atoms with Crippen molar-refractivity contribution in [1.82, 2.24) is 5.32 Å². The number of carbonyl (C=O) groups is 1. The van der Waals surface area contributed by atoms with Gasteiger partial charge in [0.2, 0.25) is 0 Å².